The molecule has 3 nitrogen and oxygen atoms in total. The summed E-state index contributed by atoms with van der Waals surface area (Å²) < 4.78 is 16.1. The molecule has 2 aromatic heterocycles. The normalized spacial score (nSPS) is 11.3. The molecule has 0 spiro atoms. The van der Waals surface area contributed by atoms with Crippen LogP contribution in [0.2, 0.25) is 4.34 Å². The fraction of sp³-hybridized carbons (Fsp3) is 0.154. The Bertz CT molecular complexity index is 763. The highest BCUT2D eigenvalue weighted by molar-refractivity contribution is 7.16. The van der Waals surface area contributed by atoms with Gasteiger partial charge in [0, 0.05) is 10.9 Å². The molecule has 2 heterocycles. The summed E-state index contributed by atoms with van der Waals surface area (Å²) in [4.78, 5) is 5.27. The zero-order valence-electron chi connectivity index (χ0n) is 10.2. The molecule has 0 saturated carbocycles. The van der Waals surface area contributed by atoms with Crippen molar-refractivity contribution in [2.45, 2.75) is 13.5 Å². The number of hydrogen-bond acceptors (Lipinski definition) is 3. The van der Waals surface area contributed by atoms with E-state index < -0.39 is 0 Å². The third-order valence-electron chi connectivity index (χ3n) is 3.00. The number of thiophene rings is 1. The predicted octanol–water partition coefficient (Wildman–Crippen LogP) is 3.83. The van der Waals surface area contributed by atoms with Crippen molar-refractivity contribution < 1.29 is 4.39 Å². The number of nitrogens with two attached hydrogens (primary N) is 1. The Labute approximate surface area is 118 Å². The Hall–Kier alpha value is -1.59. The molecular weight excluding hydrogens is 285 g/mol. The summed E-state index contributed by atoms with van der Waals surface area (Å²) in [7, 11) is 0. The first-order valence-corrected chi connectivity index (χ1v) is 6.90. The number of aromatic nitrogens is 2. The van der Waals surface area contributed by atoms with Crippen molar-refractivity contribution in [3.63, 3.8) is 0 Å². The molecule has 0 fully saturated rings. The van der Waals surface area contributed by atoms with Crippen molar-refractivity contribution >= 4 is 39.9 Å². The van der Waals surface area contributed by atoms with E-state index >= 15 is 0 Å². The number of halogens is 2. The van der Waals surface area contributed by atoms with E-state index in [0.29, 0.717) is 23.6 Å². The Balaban J connectivity index is 2.12. The van der Waals surface area contributed by atoms with Crippen LogP contribution < -0.4 is 5.73 Å². The average molecular weight is 296 g/mol. The highest BCUT2D eigenvalue weighted by atomic mass is 35.5. The monoisotopic (exact) mass is 295 g/mol. The Kier molecular flexibility index (Phi) is 2.95. The summed E-state index contributed by atoms with van der Waals surface area (Å²) in [5.41, 5.74) is 7.90. The minimum Gasteiger partial charge on any atom is -0.369 e. The van der Waals surface area contributed by atoms with E-state index in [1.54, 1.807) is 13.0 Å². The summed E-state index contributed by atoms with van der Waals surface area (Å²) >= 11 is 7.42. The summed E-state index contributed by atoms with van der Waals surface area (Å²) in [6, 6.07) is 6.98. The summed E-state index contributed by atoms with van der Waals surface area (Å²) in [6.07, 6.45) is 0. The van der Waals surface area contributed by atoms with Crippen LogP contribution in [0, 0.1) is 12.7 Å². The quantitative estimate of drug-likeness (QED) is 0.781. The van der Waals surface area contributed by atoms with Gasteiger partial charge in [-0.15, -0.1) is 11.3 Å². The van der Waals surface area contributed by atoms with Crippen LogP contribution in [0.4, 0.5) is 10.3 Å². The maximum Gasteiger partial charge on any atom is 0.201 e. The van der Waals surface area contributed by atoms with Gasteiger partial charge in [0.1, 0.15) is 5.82 Å². The Morgan fingerprint density at radius 1 is 1.42 bits per heavy atom. The van der Waals surface area contributed by atoms with Gasteiger partial charge < -0.3 is 10.3 Å². The van der Waals surface area contributed by atoms with Gasteiger partial charge in [-0.2, -0.15) is 0 Å². The summed E-state index contributed by atoms with van der Waals surface area (Å²) in [5.74, 6) is 0.112. The van der Waals surface area contributed by atoms with Crippen LogP contribution in [0.5, 0.6) is 0 Å². The molecule has 19 heavy (non-hydrogen) atoms. The van der Waals surface area contributed by atoms with Gasteiger partial charge >= 0.3 is 0 Å². The SMILES string of the molecule is Cc1cc2c(cc1F)nc(N)n2Cc1ccc(Cl)s1. The number of imidazole rings is 1. The lowest BCUT2D eigenvalue weighted by molar-refractivity contribution is 0.620. The minimum absolute atomic E-state index is 0.267. The molecule has 0 unspecified atom stereocenters. The molecule has 2 N–H and O–H groups in total. The van der Waals surface area contributed by atoms with Gasteiger partial charge in [0.05, 0.1) is 21.9 Å². The van der Waals surface area contributed by atoms with Gasteiger partial charge in [0.2, 0.25) is 5.95 Å². The van der Waals surface area contributed by atoms with Crippen LogP contribution in [0.1, 0.15) is 10.4 Å². The van der Waals surface area contributed by atoms with Crippen LogP contribution in [0.25, 0.3) is 11.0 Å². The number of hydrogen-bond donors (Lipinski definition) is 1. The van der Waals surface area contributed by atoms with E-state index in [2.05, 4.69) is 4.98 Å². The van der Waals surface area contributed by atoms with E-state index in [0.717, 1.165) is 14.7 Å². The highest BCUT2D eigenvalue weighted by Crippen LogP contribution is 2.26. The number of benzene rings is 1. The van der Waals surface area contributed by atoms with Crippen molar-refractivity contribution in [2.75, 3.05) is 5.73 Å². The van der Waals surface area contributed by atoms with Crippen LogP contribution in [0.3, 0.4) is 0 Å². The maximum atomic E-state index is 13.5. The molecule has 0 saturated heterocycles. The molecule has 0 amide bonds. The Morgan fingerprint density at radius 3 is 2.89 bits per heavy atom. The van der Waals surface area contributed by atoms with Gasteiger partial charge in [-0.1, -0.05) is 11.6 Å². The lowest BCUT2D eigenvalue weighted by Gasteiger charge is -2.05. The first-order chi connectivity index (χ1) is 9.04. The molecule has 0 aliphatic heterocycles. The Morgan fingerprint density at radius 2 is 2.21 bits per heavy atom. The molecule has 98 valence electrons. The molecule has 0 bridgehead atoms. The third-order valence-corrected chi connectivity index (χ3v) is 4.22. The molecule has 0 radical (unpaired) electrons. The molecule has 0 aliphatic carbocycles. The molecule has 3 aromatic rings. The first-order valence-electron chi connectivity index (χ1n) is 5.70. The standard InChI is InChI=1S/C13H11ClFN3S/c1-7-4-11-10(5-9(7)15)17-13(16)18(11)6-8-2-3-12(14)19-8/h2-5H,6H2,1H3,(H2,16,17). The van der Waals surface area contributed by atoms with Crippen LogP contribution >= 0.6 is 22.9 Å². The second kappa shape index (κ2) is 4.51. The largest absolute Gasteiger partial charge is 0.369 e. The van der Waals surface area contributed by atoms with Crippen LogP contribution in [-0.4, -0.2) is 9.55 Å². The molecule has 0 aliphatic rings. The minimum atomic E-state index is -0.267. The number of nitrogen functional groups attached to an aromatic ring is 1. The molecule has 6 heteroatoms. The second-order valence-electron chi connectivity index (χ2n) is 4.35. The first kappa shape index (κ1) is 12.4. The molecule has 0 atom stereocenters. The number of nitrogens with zero attached hydrogens (tertiary/aromatic N) is 2. The van der Waals surface area contributed by atoms with Crippen molar-refractivity contribution in [1.29, 1.82) is 0 Å². The zero-order valence-corrected chi connectivity index (χ0v) is 11.7. The predicted molar refractivity (Wildman–Crippen MR) is 77.3 cm³/mol. The fourth-order valence-electron chi connectivity index (χ4n) is 2.03. The van der Waals surface area contributed by atoms with E-state index in [1.807, 2.05) is 16.7 Å². The van der Waals surface area contributed by atoms with E-state index in [1.165, 1.54) is 17.4 Å². The van der Waals surface area contributed by atoms with E-state index in [-0.39, 0.29) is 5.82 Å². The lowest BCUT2D eigenvalue weighted by Crippen LogP contribution is -2.03. The number of aryl methyl sites for hydroxylation is 1. The molecule has 3 rings (SSSR count). The van der Waals surface area contributed by atoms with Crippen molar-refractivity contribution in [3.8, 4) is 0 Å². The van der Waals surface area contributed by atoms with Gasteiger partial charge in [-0.3, -0.25) is 0 Å². The molecule has 1 aromatic carbocycles. The van der Waals surface area contributed by atoms with Crippen molar-refractivity contribution in [2.24, 2.45) is 0 Å². The highest BCUT2D eigenvalue weighted by Gasteiger charge is 2.12. The average Bonchev–Trinajstić information content (AvgIpc) is 2.87. The maximum absolute atomic E-state index is 13.5. The van der Waals surface area contributed by atoms with Crippen LogP contribution in [0.15, 0.2) is 24.3 Å². The van der Waals surface area contributed by atoms with Gasteiger partial charge in [0.15, 0.2) is 0 Å². The van der Waals surface area contributed by atoms with Crippen molar-refractivity contribution in [3.05, 3.63) is 44.9 Å². The van der Waals surface area contributed by atoms with Gasteiger partial charge in [-0.05, 0) is 30.7 Å². The topological polar surface area (TPSA) is 43.8 Å². The van der Waals surface area contributed by atoms with Gasteiger partial charge in [-0.25, -0.2) is 9.37 Å². The summed E-state index contributed by atoms with van der Waals surface area (Å²) in [6.45, 7) is 2.31. The van der Waals surface area contributed by atoms with E-state index in [4.69, 9.17) is 17.3 Å². The zero-order chi connectivity index (χ0) is 13.6. The number of anilines is 1. The van der Waals surface area contributed by atoms with E-state index in [9.17, 15) is 4.39 Å². The number of rotatable bonds is 2. The van der Waals surface area contributed by atoms with Gasteiger partial charge in [0.25, 0.3) is 0 Å². The van der Waals surface area contributed by atoms with Crippen molar-refractivity contribution in [1.82, 2.24) is 9.55 Å². The number of fused-ring (bicyclic) bond motifs is 1. The smallest absolute Gasteiger partial charge is 0.201 e. The fourth-order valence-corrected chi connectivity index (χ4v) is 3.10. The summed E-state index contributed by atoms with van der Waals surface area (Å²) in [5, 5.41) is 0. The molecular formula is C13H11ClFN3S. The van der Waals surface area contributed by atoms with Crippen LogP contribution in [-0.2, 0) is 6.54 Å². The third kappa shape index (κ3) is 2.19. The second-order valence-corrected chi connectivity index (χ2v) is 6.15. The lowest BCUT2D eigenvalue weighted by atomic mass is 10.2.